The summed E-state index contributed by atoms with van der Waals surface area (Å²) in [6.45, 7) is 0.521. The van der Waals surface area contributed by atoms with Gasteiger partial charge in [-0.2, -0.15) is 5.26 Å². The Hall–Kier alpha value is -2.02. The average Bonchev–Trinajstić information content (AvgIpc) is 2.56. The van der Waals surface area contributed by atoms with E-state index in [-0.39, 0.29) is 0 Å². The Bertz CT molecular complexity index is 724. The first kappa shape index (κ1) is 14.9. The van der Waals surface area contributed by atoms with Gasteiger partial charge in [0.25, 0.3) is 0 Å². The molecule has 22 heavy (non-hydrogen) atoms. The third kappa shape index (κ3) is 2.45. The van der Waals surface area contributed by atoms with E-state index in [9.17, 15) is 5.26 Å². The van der Waals surface area contributed by atoms with Gasteiger partial charge in [0.15, 0.2) is 0 Å². The van der Waals surface area contributed by atoms with E-state index >= 15 is 0 Å². The van der Waals surface area contributed by atoms with E-state index in [4.69, 9.17) is 22.1 Å². The summed E-state index contributed by atoms with van der Waals surface area (Å²) in [5, 5.41) is 10.0. The van der Waals surface area contributed by atoms with Gasteiger partial charge in [0.05, 0.1) is 5.56 Å². The van der Waals surface area contributed by atoms with E-state index in [0.717, 1.165) is 24.0 Å². The standard InChI is InChI=1S/C18H17ClN2O/c19-16-7-6-13(12-21)17-15(16)8-9-18(22-17,10-11-20)14-4-2-1-3-5-14/h1-7H,8-11,20H2. The minimum Gasteiger partial charge on any atom is -0.481 e. The lowest BCUT2D eigenvalue weighted by molar-refractivity contribution is 0.0359. The maximum atomic E-state index is 9.36. The highest BCUT2D eigenvalue weighted by Gasteiger charge is 2.39. The van der Waals surface area contributed by atoms with Crippen LogP contribution in [-0.2, 0) is 12.0 Å². The van der Waals surface area contributed by atoms with E-state index in [0.29, 0.717) is 29.3 Å². The largest absolute Gasteiger partial charge is 0.481 e. The predicted molar refractivity (Wildman–Crippen MR) is 86.9 cm³/mol. The van der Waals surface area contributed by atoms with Gasteiger partial charge in [-0.15, -0.1) is 0 Å². The van der Waals surface area contributed by atoms with Crippen LogP contribution in [0, 0.1) is 11.3 Å². The molecule has 4 heteroatoms. The van der Waals surface area contributed by atoms with Crippen LogP contribution in [0.15, 0.2) is 42.5 Å². The van der Waals surface area contributed by atoms with Crippen molar-refractivity contribution in [3.05, 3.63) is 64.2 Å². The Morgan fingerprint density at radius 1 is 1.23 bits per heavy atom. The summed E-state index contributed by atoms with van der Waals surface area (Å²) in [6, 6.07) is 15.8. The fourth-order valence-electron chi connectivity index (χ4n) is 3.11. The van der Waals surface area contributed by atoms with Crippen molar-refractivity contribution < 1.29 is 4.74 Å². The zero-order valence-electron chi connectivity index (χ0n) is 12.2. The van der Waals surface area contributed by atoms with Crippen molar-refractivity contribution in [3.8, 4) is 11.8 Å². The molecule has 1 aliphatic heterocycles. The normalized spacial score (nSPS) is 19.9. The first-order valence-corrected chi connectivity index (χ1v) is 7.74. The number of hydrogen-bond donors (Lipinski definition) is 1. The molecule has 3 nitrogen and oxygen atoms in total. The van der Waals surface area contributed by atoms with Crippen LogP contribution in [0.4, 0.5) is 0 Å². The molecule has 0 radical (unpaired) electrons. The SMILES string of the molecule is N#Cc1ccc(Cl)c2c1OC(CCN)(c1ccccc1)CC2. The first-order chi connectivity index (χ1) is 10.7. The van der Waals surface area contributed by atoms with Gasteiger partial charge in [-0.25, -0.2) is 0 Å². The van der Waals surface area contributed by atoms with Gasteiger partial charge in [0.2, 0.25) is 0 Å². The van der Waals surface area contributed by atoms with Crippen molar-refractivity contribution >= 4 is 11.6 Å². The topological polar surface area (TPSA) is 59.0 Å². The fourth-order valence-corrected chi connectivity index (χ4v) is 3.36. The minimum absolute atomic E-state index is 0.487. The van der Waals surface area contributed by atoms with E-state index < -0.39 is 5.60 Å². The highest BCUT2D eigenvalue weighted by molar-refractivity contribution is 6.31. The van der Waals surface area contributed by atoms with Gasteiger partial charge in [-0.05, 0) is 37.1 Å². The molecular weight excluding hydrogens is 296 g/mol. The van der Waals surface area contributed by atoms with Crippen LogP contribution in [0.3, 0.4) is 0 Å². The lowest BCUT2D eigenvalue weighted by Crippen LogP contribution is -2.39. The molecule has 0 spiro atoms. The molecule has 1 aliphatic rings. The summed E-state index contributed by atoms with van der Waals surface area (Å²) in [7, 11) is 0. The molecule has 1 atom stereocenters. The predicted octanol–water partition coefficient (Wildman–Crippen LogP) is 3.78. The molecule has 2 N–H and O–H groups in total. The zero-order chi connectivity index (χ0) is 15.6. The number of fused-ring (bicyclic) bond motifs is 1. The molecule has 2 aromatic carbocycles. The second kappa shape index (κ2) is 6.00. The van der Waals surface area contributed by atoms with Gasteiger partial charge < -0.3 is 10.5 Å². The second-order valence-electron chi connectivity index (χ2n) is 5.52. The van der Waals surface area contributed by atoms with Crippen molar-refractivity contribution in [2.24, 2.45) is 5.73 Å². The summed E-state index contributed by atoms with van der Waals surface area (Å²) >= 11 is 6.27. The molecule has 0 saturated heterocycles. The number of nitriles is 1. The Labute approximate surface area is 135 Å². The van der Waals surface area contributed by atoms with Crippen molar-refractivity contribution in [1.82, 2.24) is 0 Å². The van der Waals surface area contributed by atoms with Crippen LogP contribution in [0.5, 0.6) is 5.75 Å². The Kier molecular flexibility index (Phi) is 4.06. The Morgan fingerprint density at radius 2 is 2.00 bits per heavy atom. The summed E-state index contributed by atoms with van der Waals surface area (Å²) in [6.07, 6.45) is 2.28. The van der Waals surface area contributed by atoms with Crippen molar-refractivity contribution in [3.63, 3.8) is 0 Å². The second-order valence-corrected chi connectivity index (χ2v) is 5.92. The van der Waals surface area contributed by atoms with Crippen LogP contribution in [0.1, 0.15) is 29.5 Å². The first-order valence-electron chi connectivity index (χ1n) is 7.36. The molecule has 1 heterocycles. The molecule has 0 aliphatic carbocycles. The number of benzene rings is 2. The maximum Gasteiger partial charge on any atom is 0.143 e. The maximum absolute atomic E-state index is 9.36. The summed E-state index contributed by atoms with van der Waals surface area (Å²) in [5.41, 5.74) is 7.88. The van der Waals surface area contributed by atoms with Crippen LogP contribution < -0.4 is 10.5 Å². The van der Waals surface area contributed by atoms with Crippen LogP contribution >= 0.6 is 11.6 Å². The van der Waals surface area contributed by atoms with Crippen LogP contribution in [0.2, 0.25) is 5.02 Å². The number of rotatable bonds is 3. The average molecular weight is 313 g/mol. The molecule has 0 bridgehead atoms. The molecule has 0 fully saturated rings. The van der Waals surface area contributed by atoms with Gasteiger partial charge in [-0.1, -0.05) is 41.9 Å². The smallest absolute Gasteiger partial charge is 0.143 e. The minimum atomic E-state index is -0.487. The Morgan fingerprint density at radius 3 is 2.68 bits per heavy atom. The van der Waals surface area contributed by atoms with Crippen molar-refractivity contribution in [1.29, 1.82) is 5.26 Å². The van der Waals surface area contributed by atoms with Gasteiger partial charge in [0, 0.05) is 17.0 Å². The third-order valence-electron chi connectivity index (χ3n) is 4.25. The molecule has 0 amide bonds. The van der Waals surface area contributed by atoms with Crippen molar-refractivity contribution in [2.45, 2.75) is 24.9 Å². The molecule has 1 unspecified atom stereocenters. The lowest BCUT2D eigenvalue weighted by Gasteiger charge is -2.39. The van der Waals surface area contributed by atoms with Gasteiger partial charge >= 0.3 is 0 Å². The van der Waals surface area contributed by atoms with Crippen LogP contribution in [-0.4, -0.2) is 6.54 Å². The van der Waals surface area contributed by atoms with Crippen molar-refractivity contribution in [2.75, 3.05) is 6.54 Å². The molecule has 0 aromatic heterocycles. The van der Waals surface area contributed by atoms with E-state index in [1.54, 1.807) is 12.1 Å². The van der Waals surface area contributed by atoms with E-state index in [1.165, 1.54) is 0 Å². The summed E-state index contributed by atoms with van der Waals surface area (Å²) in [4.78, 5) is 0. The zero-order valence-corrected chi connectivity index (χ0v) is 12.9. The number of nitrogens with two attached hydrogens (primary N) is 1. The summed E-state index contributed by atoms with van der Waals surface area (Å²) in [5.74, 6) is 0.610. The van der Waals surface area contributed by atoms with E-state index in [1.807, 2.05) is 18.2 Å². The number of hydrogen-bond acceptors (Lipinski definition) is 3. The molecule has 2 aromatic rings. The number of ether oxygens (including phenoxy) is 1. The molecular formula is C18H17ClN2O. The molecule has 3 rings (SSSR count). The van der Waals surface area contributed by atoms with Gasteiger partial charge in [-0.3, -0.25) is 0 Å². The third-order valence-corrected chi connectivity index (χ3v) is 4.60. The lowest BCUT2D eigenvalue weighted by atomic mass is 9.82. The van der Waals surface area contributed by atoms with Gasteiger partial charge in [0.1, 0.15) is 17.4 Å². The quantitative estimate of drug-likeness (QED) is 0.938. The van der Waals surface area contributed by atoms with E-state index in [2.05, 4.69) is 18.2 Å². The monoisotopic (exact) mass is 312 g/mol. The summed E-state index contributed by atoms with van der Waals surface area (Å²) < 4.78 is 6.36. The van der Waals surface area contributed by atoms with Crippen LogP contribution in [0.25, 0.3) is 0 Å². The highest BCUT2D eigenvalue weighted by Crippen LogP contribution is 2.45. The number of halogens is 1. The fraction of sp³-hybridized carbons (Fsp3) is 0.278. The molecule has 112 valence electrons. The molecule has 0 saturated carbocycles. The Balaban J connectivity index is 2.11. The highest BCUT2D eigenvalue weighted by atomic mass is 35.5. The number of nitrogens with zero attached hydrogens (tertiary/aromatic N) is 1.